The second-order valence-electron chi connectivity index (χ2n) is 5.58. The molecule has 1 N–H and O–H groups in total. The minimum Gasteiger partial charge on any atom is -0.384 e. The highest BCUT2D eigenvalue weighted by atomic mass is 35.5. The number of rotatable bonds is 6. The summed E-state index contributed by atoms with van der Waals surface area (Å²) >= 11 is 5.98. The first-order chi connectivity index (χ1) is 9.69. The fourth-order valence-electron chi connectivity index (χ4n) is 2.83. The largest absolute Gasteiger partial charge is 0.384 e. The molecule has 0 atom stereocenters. The highest BCUT2D eigenvalue weighted by molar-refractivity contribution is 6.30. The molecule has 4 heteroatoms. The SMILES string of the molecule is CCN1CCC(N(C)CCNc2cccc(Cl)c2)CC1. The zero-order valence-corrected chi connectivity index (χ0v) is 13.4. The van der Waals surface area contributed by atoms with Crippen molar-refractivity contribution in [2.24, 2.45) is 0 Å². The van der Waals surface area contributed by atoms with E-state index in [-0.39, 0.29) is 0 Å². The lowest BCUT2D eigenvalue weighted by Crippen LogP contribution is -2.44. The van der Waals surface area contributed by atoms with Crippen molar-refractivity contribution >= 4 is 17.3 Å². The van der Waals surface area contributed by atoms with Gasteiger partial charge in [0.2, 0.25) is 0 Å². The molecule has 0 saturated carbocycles. The van der Waals surface area contributed by atoms with Crippen LogP contribution in [0.5, 0.6) is 0 Å². The summed E-state index contributed by atoms with van der Waals surface area (Å²) in [6.07, 6.45) is 2.59. The van der Waals surface area contributed by atoms with Crippen LogP contribution in [-0.2, 0) is 0 Å². The smallest absolute Gasteiger partial charge is 0.0426 e. The summed E-state index contributed by atoms with van der Waals surface area (Å²) in [5.41, 5.74) is 1.10. The van der Waals surface area contributed by atoms with Gasteiger partial charge in [-0.15, -0.1) is 0 Å². The maximum absolute atomic E-state index is 5.98. The van der Waals surface area contributed by atoms with Gasteiger partial charge in [-0.05, 0) is 57.7 Å². The highest BCUT2D eigenvalue weighted by Gasteiger charge is 2.20. The summed E-state index contributed by atoms with van der Waals surface area (Å²) in [5, 5.41) is 4.23. The molecule has 0 aromatic heterocycles. The van der Waals surface area contributed by atoms with Gasteiger partial charge in [0.15, 0.2) is 0 Å². The summed E-state index contributed by atoms with van der Waals surface area (Å²) < 4.78 is 0. The van der Waals surface area contributed by atoms with Crippen LogP contribution >= 0.6 is 11.6 Å². The Balaban J connectivity index is 1.69. The Kier molecular flexibility index (Phi) is 6.14. The second kappa shape index (κ2) is 7.87. The third-order valence-electron chi connectivity index (χ3n) is 4.25. The summed E-state index contributed by atoms with van der Waals surface area (Å²) in [5.74, 6) is 0. The van der Waals surface area contributed by atoms with Gasteiger partial charge in [0.05, 0.1) is 0 Å². The number of piperidine rings is 1. The maximum Gasteiger partial charge on any atom is 0.0426 e. The molecule has 20 heavy (non-hydrogen) atoms. The molecular formula is C16H26ClN3. The van der Waals surface area contributed by atoms with Crippen molar-refractivity contribution in [1.29, 1.82) is 0 Å². The van der Waals surface area contributed by atoms with E-state index in [2.05, 4.69) is 35.2 Å². The van der Waals surface area contributed by atoms with E-state index in [1.807, 2.05) is 18.2 Å². The first-order valence-corrected chi connectivity index (χ1v) is 7.99. The van der Waals surface area contributed by atoms with E-state index in [0.29, 0.717) is 0 Å². The molecule has 0 unspecified atom stereocenters. The average molecular weight is 296 g/mol. The Hall–Kier alpha value is -0.770. The Morgan fingerprint density at radius 3 is 2.75 bits per heavy atom. The van der Waals surface area contributed by atoms with E-state index < -0.39 is 0 Å². The number of halogens is 1. The van der Waals surface area contributed by atoms with Crippen LogP contribution in [0.2, 0.25) is 5.02 Å². The first-order valence-electron chi connectivity index (χ1n) is 7.61. The molecule has 1 aromatic rings. The van der Waals surface area contributed by atoms with E-state index in [9.17, 15) is 0 Å². The number of likely N-dealkylation sites (N-methyl/N-ethyl adjacent to an activating group) is 1. The van der Waals surface area contributed by atoms with E-state index in [1.165, 1.54) is 32.5 Å². The molecule has 3 nitrogen and oxygen atoms in total. The molecule has 2 rings (SSSR count). The summed E-state index contributed by atoms with van der Waals surface area (Å²) in [6.45, 7) is 7.96. The molecule has 1 aliphatic heterocycles. The molecule has 0 aliphatic carbocycles. The summed E-state index contributed by atoms with van der Waals surface area (Å²) in [7, 11) is 2.24. The van der Waals surface area contributed by atoms with Crippen LogP contribution in [0.25, 0.3) is 0 Å². The maximum atomic E-state index is 5.98. The van der Waals surface area contributed by atoms with Crippen LogP contribution in [0.15, 0.2) is 24.3 Å². The number of nitrogens with one attached hydrogen (secondary N) is 1. The van der Waals surface area contributed by atoms with Gasteiger partial charge in [0.25, 0.3) is 0 Å². The van der Waals surface area contributed by atoms with Crippen LogP contribution in [-0.4, -0.2) is 55.6 Å². The lowest BCUT2D eigenvalue weighted by molar-refractivity contribution is 0.135. The Labute approximate surface area is 127 Å². The van der Waals surface area contributed by atoms with Crippen LogP contribution in [0.3, 0.4) is 0 Å². The number of nitrogens with zero attached hydrogens (tertiary/aromatic N) is 2. The molecule has 0 bridgehead atoms. The van der Waals surface area contributed by atoms with Gasteiger partial charge in [0.1, 0.15) is 0 Å². The lowest BCUT2D eigenvalue weighted by Gasteiger charge is -2.36. The molecule has 1 heterocycles. The van der Waals surface area contributed by atoms with E-state index >= 15 is 0 Å². The van der Waals surface area contributed by atoms with E-state index in [0.717, 1.165) is 29.8 Å². The van der Waals surface area contributed by atoms with Crippen LogP contribution < -0.4 is 5.32 Å². The van der Waals surface area contributed by atoms with Gasteiger partial charge in [-0.3, -0.25) is 0 Å². The zero-order valence-electron chi connectivity index (χ0n) is 12.6. The van der Waals surface area contributed by atoms with Crippen LogP contribution in [0.4, 0.5) is 5.69 Å². The number of anilines is 1. The fraction of sp³-hybridized carbons (Fsp3) is 0.625. The van der Waals surface area contributed by atoms with Crippen LogP contribution in [0.1, 0.15) is 19.8 Å². The minimum atomic E-state index is 0.735. The van der Waals surface area contributed by atoms with Crippen molar-refractivity contribution in [2.45, 2.75) is 25.8 Å². The van der Waals surface area contributed by atoms with Crippen molar-refractivity contribution in [2.75, 3.05) is 45.1 Å². The fourth-order valence-corrected chi connectivity index (χ4v) is 3.02. The average Bonchev–Trinajstić information content (AvgIpc) is 2.47. The third kappa shape index (κ3) is 4.65. The molecular weight excluding hydrogens is 270 g/mol. The number of hydrogen-bond donors (Lipinski definition) is 1. The standard InChI is InChI=1S/C16H26ClN3/c1-3-20-10-7-16(8-11-20)19(2)12-9-18-15-6-4-5-14(17)13-15/h4-6,13,16,18H,3,7-12H2,1-2H3. The predicted octanol–water partition coefficient (Wildman–Crippen LogP) is 3.17. The first kappa shape index (κ1) is 15.6. The lowest BCUT2D eigenvalue weighted by atomic mass is 10.0. The van der Waals surface area contributed by atoms with Crippen molar-refractivity contribution in [1.82, 2.24) is 9.80 Å². The van der Waals surface area contributed by atoms with E-state index in [4.69, 9.17) is 11.6 Å². The second-order valence-corrected chi connectivity index (χ2v) is 6.02. The van der Waals surface area contributed by atoms with Gasteiger partial charge in [-0.1, -0.05) is 24.6 Å². The normalized spacial score (nSPS) is 17.6. The topological polar surface area (TPSA) is 18.5 Å². The van der Waals surface area contributed by atoms with E-state index in [1.54, 1.807) is 0 Å². The van der Waals surface area contributed by atoms with Gasteiger partial charge >= 0.3 is 0 Å². The molecule has 1 aromatic carbocycles. The summed E-state index contributed by atoms with van der Waals surface area (Å²) in [6, 6.07) is 8.65. The predicted molar refractivity (Wildman–Crippen MR) is 87.7 cm³/mol. The van der Waals surface area contributed by atoms with Gasteiger partial charge in [0, 0.05) is 29.8 Å². The molecule has 0 spiro atoms. The van der Waals surface area contributed by atoms with Gasteiger partial charge < -0.3 is 15.1 Å². The quantitative estimate of drug-likeness (QED) is 0.870. The Bertz CT molecular complexity index is 402. The van der Waals surface area contributed by atoms with Crippen molar-refractivity contribution in [3.8, 4) is 0 Å². The number of hydrogen-bond acceptors (Lipinski definition) is 3. The molecule has 0 radical (unpaired) electrons. The highest BCUT2D eigenvalue weighted by Crippen LogP contribution is 2.16. The Morgan fingerprint density at radius 1 is 1.35 bits per heavy atom. The molecule has 1 aliphatic rings. The van der Waals surface area contributed by atoms with Gasteiger partial charge in [-0.2, -0.15) is 0 Å². The number of likely N-dealkylation sites (tertiary alicyclic amines) is 1. The summed E-state index contributed by atoms with van der Waals surface area (Å²) in [4.78, 5) is 5.03. The van der Waals surface area contributed by atoms with Crippen molar-refractivity contribution in [3.63, 3.8) is 0 Å². The third-order valence-corrected chi connectivity index (χ3v) is 4.48. The molecule has 1 fully saturated rings. The number of benzene rings is 1. The minimum absolute atomic E-state index is 0.735. The van der Waals surface area contributed by atoms with Crippen LogP contribution in [0, 0.1) is 0 Å². The molecule has 1 saturated heterocycles. The van der Waals surface area contributed by atoms with Crippen molar-refractivity contribution in [3.05, 3.63) is 29.3 Å². The van der Waals surface area contributed by atoms with Gasteiger partial charge in [-0.25, -0.2) is 0 Å². The molecule has 112 valence electrons. The monoisotopic (exact) mass is 295 g/mol. The Morgan fingerprint density at radius 2 is 2.10 bits per heavy atom. The van der Waals surface area contributed by atoms with Crippen molar-refractivity contribution < 1.29 is 0 Å². The zero-order chi connectivity index (χ0) is 14.4. The molecule has 0 amide bonds.